The summed E-state index contributed by atoms with van der Waals surface area (Å²) in [5, 5.41) is 8.73. The first-order chi connectivity index (χ1) is 16.0. The van der Waals surface area contributed by atoms with E-state index < -0.39 is 0 Å². The van der Waals surface area contributed by atoms with Gasteiger partial charge in [-0.25, -0.2) is 0 Å². The molecular formula is C26H39Cl2N3OS. The summed E-state index contributed by atoms with van der Waals surface area (Å²) >= 11 is 14.7. The second-order valence-corrected chi connectivity index (χ2v) is 12.2. The molecule has 0 aromatic heterocycles. The van der Waals surface area contributed by atoms with Crippen molar-refractivity contribution in [1.82, 2.24) is 15.5 Å². The van der Waals surface area contributed by atoms with Gasteiger partial charge < -0.3 is 10.2 Å². The number of hydrogen-bond acceptors (Lipinski definition) is 4. The third-order valence-electron chi connectivity index (χ3n) is 7.91. The van der Waals surface area contributed by atoms with Gasteiger partial charge in [-0.3, -0.25) is 10.1 Å². The minimum atomic E-state index is -0.166. The lowest BCUT2D eigenvalue weighted by Crippen LogP contribution is -2.53. The van der Waals surface area contributed by atoms with E-state index in [1.807, 2.05) is 37.0 Å². The number of likely N-dealkylation sites (tertiary alicyclic amines) is 1. The van der Waals surface area contributed by atoms with Crippen LogP contribution < -0.4 is 10.6 Å². The molecule has 4 nitrogen and oxygen atoms in total. The van der Waals surface area contributed by atoms with Crippen molar-refractivity contribution in [3.05, 3.63) is 33.8 Å². The molecule has 7 heteroatoms. The number of thioether (sulfide) groups is 1. The molecule has 0 radical (unpaired) electrons. The van der Waals surface area contributed by atoms with Crippen molar-refractivity contribution in [2.75, 3.05) is 32.4 Å². The maximum absolute atomic E-state index is 13.6. The molecule has 3 aliphatic rings. The van der Waals surface area contributed by atoms with Crippen LogP contribution >= 0.6 is 35.0 Å². The standard InChI is InChI=1S/C26H39Cl2N3OS/c1-29-16-19-12-13-31(17-19)24(32)15-26(20-8-6-4-2-3-5-7-9-20)18-33-25(30-26)22-11-10-21(27)14-23(22)28/h10-11,14,19-20,25,29-30H,2-9,12-13,15-18H2,1H3. The number of halogens is 2. The third kappa shape index (κ3) is 6.41. The topological polar surface area (TPSA) is 44.4 Å². The molecule has 1 aromatic carbocycles. The van der Waals surface area contributed by atoms with Gasteiger partial charge in [-0.05, 0) is 62.4 Å². The Morgan fingerprint density at radius 1 is 1.15 bits per heavy atom. The van der Waals surface area contributed by atoms with E-state index in [-0.39, 0.29) is 10.9 Å². The van der Waals surface area contributed by atoms with E-state index in [2.05, 4.69) is 15.5 Å². The number of hydrogen-bond donors (Lipinski definition) is 2. The largest absolute Gasteiger partial charge is 0.342 e. The van der Waals surface area contributed by atoms with Gasteiger partial charge in [-0.15, -0.1) is 11.8 Å². The molecule has 1 aliphatic carbocycles. The first-order valence-electron chi connectivity index (χ1n) is 12.8. The molecule has 184 valence electrons. The SMILES string of the molecule is CNCC1CCN(C(=O)CC2(C3CCCCCCCC3)CSC(c3ccc(Cl)cc3Cl)N2)C1. The van der Waals surface area contributed by atoms with Gasteiger partial charge in [0.25, 0.3) is 0 Å². The first kappa shape index (κ1) is 25.6. The summed E-state index contributed by atoms with van der Waals surface area (Å²) in [6.07, 6.45) is 12.0. The summed E-state index contributed by atoms with van der Waals surface area (Å²) in [6, 6.07) is 5.79. The molecule has 0 spiro atoms. The number of nitrogens with one attached hydrogen (secondary N) is 2. The smallest absolute Gasteiger partial charge is 0.224 e. The fraction of sp³-hybridized carbons (Fsp3) is 0.731. The molecule has 2 saturated heterocycles. The van der Waals surface area contributed by atoms with E-state index in [1.54, 1.807) is 0 Å². The lowest BCUT2D eigenvalue weighted by atomic mass is 9.76. The van der Waals surface area contributed by atoms with Gasteiger partial charge in [0.15, 0.2) is 0 Å². The van der Waals surface area contributed by atoms with Crippen LogP contribution in [0.4, 0.5) is 0 Å². The lowest BCUT2D eigenvalue weighted by Gasteiger charge is -2.39. The molecular weight excluding hydrogens is 473 g/mol. The van der Waals surface area contributed by atoms with Crippen LogP contribution in [-0.2, 0) is 4.79 Å². The van der Waals surface area contributed by atoms with Crippen LogP contribution in [0.3, 0.4) is 0 Å². The minimum absolute atomic E-state index is 0.103. The number of carbonyl (C=O) groups is 1. The van der Waals surface area contributed by atoms with E-state index in [9.17, 15) is 4.79 Å². The number of amides is 1. The molecule has 33 heavy (non-hydrogen) atoms. The first-order valence-corrected chi connectivity index (χ1v) is 14.6. The Balaban J connectivity index is 1.54. The number of rotatable bonds is 6. The van der Waals surface area contributed by atoms with Crippen LogP contribution in [0.2, 0.25) is 10.0 Å². The summed E-state index contributed by atoms with van der Waals surface area (Å²) in [5.74, 6) is 2.38. The maximum Gasteiger partial charge on any atom is 0.224 e. The fourth-order valence-electron chi connectivity index (χ4n) is 6.02. The second-order valence-electron chi connectivity index (χ2n) is 10.3. The van der Waals surface area contributed by atoms with Gasteiger partial charge in [0.05, 0.1) is 5.37 Å². The van der Waals surface area contributed by atoms with Crippen molar-refractivity contribution in [3.8, 4) is 0 Å². The number of benzene rings is 1. The highest BCUT2D eigenvalue weighted by Crippen LogP contribution is 2.47. The quantitative estimate of drug-likeness (QED) is 0.471. The molecule has 4 rings (SSSR count). The zero-order valence-corrected chi connectivity index (χ0v) is 22.2. The Morgan fingerprint density at radius 2 is 1.88 bits per heavy atom. The van der Waals surface area contributed by atoms with Crippen molar-refractivity contribution in [2.45, 2.75) is 75.1 Å². The van der Waals surface area contributed by atoms with Crippen LogP contribution in [-0.4, -0.2) is 48.8 Å². The predicted molar refractivity (Wildman–Crippen MR) is 141 cm³/mol. The fourth-order valence-corrected chi connectivity index (χ4v) is 8.19. The molecule has 1 saturated carbocycles. The van der Waals surface area contributed by atoms with E-state index >= 15 is 0 Å². The molecule has 2 heterocycles. The van der Waals surface area contributed by atoms with Crippen molar-refractivity contribution in [3.63, 3.8) is 0 Å². The summed E-state index contributed by atoms with van der Waals surface area (Å²) in [6.45, 7) is 2.77. The van der Waals surface area contributed by atoms with Crippen LogP contribution in [0.15, 0.2) is 18.2 Å². The van der Waals surface area contributed by atoms with E-state index in [4.69, 9.17) is 23.2 Å². The third-order valence-corrected chi connectivity index (χ3v) is 9.86. The highest BCUT2D eigenvalue weighted by Gasteiger charge is 2.47. The molecule has 0 bridgehead atoms. The predicted octanol–water partition coefficient (Wildman–Crippen LogP) is 6.28. The highest BCUT2D eigenvalue weighted by atomic mass is 35.5. The maximum atomic E-state index is 13.6. The Hall–Kier alpha value is -0.460. The summed E-state index contributed by atoms with van der Waals surface area (Å²) < 4.78 is 0. The molecule has 2 N–H and O–H groups in total. The number of nitrogens with zero attached hydrogens (tertiary/aromatic N) is 1. The molecule has 1 aromatic rings. The Kier molecular flexibility index (Phi) is 9.31. The van der Waals surface area contributed by atoms with Gasteiger partial charge in [0.1, 0.15) is 0 Å². The van der Waals surface area contributed by atoms with Gasteiger partial charge in [0.2, 0.25) is 5.91 Å². The zero-order chi connectivity index (χ0) is 23.3. The van der Waals surface area contributed by atoms with Crippen LogP contribution in [0.5, 0.6) is 0 Å². The van der Waals surface area contributed by atoms with Gasteiger partial charge in [-0.1, -0.05) is 67.8 Å². The van der Waals surface area contributed by atoms with E-state index in [0.29, 0.717) is 34.2 Å². The summed E-state index contributed by atoms with van der Waals surface area (Å²) in [5.41, 5.74) is 0.916. The van der Waals surface area contributed by atoms with E-state index in [1.165, 1.54) is 51.4 Å². The van der Waals surface area contributed by atoms with Gasteiger partial charge in [0, 0.05) is 40.8 Å². The Labute approximate surface area is 213 Å². The monoisotopic (exact) mass is 511 g/mol. The Bertz CT molecular complexity index is 800. The average molecular weight is 513 g/mol. The van der Waals surface area contributed by atoms with Crippen molar-refractivity contribution < 1.29 is 4.79 Å². The highest BCUT2D eigenvalue weighted by molar-refractivity contribution is 7.99. The zero-order valence-electron chi connectivity index (χ0n) is 19.9. The molecule has 1 amide bonds. The van der Waals surface area contributed by atoms with Crippen LogP contribution in [0, 0.1) is 11.8 Å². The minimum Gasteiger partial charge on any atom is -0.342 e. The molecule has 3 unspecified atom stereocenters. The normalized spacial score (nSPS) is 29.6. The summed E-state index contributed by atoms with van der Waals surface area (Å²) in [7, 11) is 2.00. The lowest BCUT2D eigenvalue weighted by molar-refractivity contribution is -0.132. The molecule has 3 fully saturated rings. The van der Waals surface area contributed by atoms with Crippen molar-refractivity contribution in [1.29, 1.82) is 0 Å². The number of carbonyl (C=O) groups excluding carboxylic acids is 1. The van der Waals surface area contributed by atoms with E-state index in [0.717, 1.165) is 37.4 Å². The van der Waals surface area contributed by atoms with Crippen LogP contribution in [0.1, 0.15) is 75.1 Å². The second kappa shape index (κ2) is 12.0. The van der Waals surface area contributed by atoms with Crippen LogP contribution in [0.25, 0.3) is 0 Å². The van der Waals surface area contributed by atoms with Gasteiger partial charge in [-0.2, -0.15) is 0 Å². The molecule has 2 aliphatic heterocycles. The average Bonchev–Trinajstić information content (AvgIpc) is 3.44. The molecule has 3 atom stereocenters. The van der Waals surface area contributed by atoms with Crippen molar-refractivity contribution in [2.24, 2.45) is 11.8 Å². The van der Waals surface area contributed by atoms with Gasteiger partial charge >= 0.3 is 0 Å². The Morgan fingerprint density at radius 3 is 2.58 bits per heavy atom. The van der Waals surface area contributed by atoms with Crippen molar-refractivity contribution >= 4 is 40.9 Å². The summed E-state index contributed by atoms with van der Waals surface area (Å²) in [4.78, 5) is 15.7.